The van der Waals surface area contributed by atoms with Crippen LogP contribution in [-0.2, 0) is 32.1 Å². The Kier molecular flexibility index (Phi) is 11.0. The number of sulfonamides is 2. The van der Waals surface area contributed by atoms with Crippen molar-refractivity contribution in [2.75, 3.05) is 18.8 Å². The van der Waals surface area contributed by atoms with E-state index in [1.165, 1.54) is 0 Å². The van der Waals surface area contributed by atoms with Crippen molar-refractivity contribution in [3.05, 3.63) is 35.4 Å². The fraction of sp³-hybridized carbons (Fsp3) is 0.760. The van der Waals surface area contributed by atoms with Crippen molar-refractivity contribution >= 4 is 20.0 Å². The SMILES string of the molecule is CCCCCS(=O)(=O)NCCc1ccc(C2(O)CCC(C(C)CNS(=O)(=O)C(C)C)CC2)cc1. The summed E-state index contributed by atoms with van der Waals surface area (Å²) in [4.78, 5) is 0. The Morgan fingerprint density at radius 1 is 1.00 bits per heavy atom. The Balaban J connectivity index is 1.82. The van der Waals surface area contributed by atoms with Crippen LogP contribution in [0.3, 0.4) is 0 Å². The first-order chi connectivity index (χ1) is 15.9. The second kappa shape index (κ2) is 12.8. The summed E-state index contributed by atoms with van der Waals surface area (Å²) in [5.41, 5.74) is 1.05. The molecule has 1 saturated carbocycles. The quantitative estimate of drug-likeness (QED) is 0.327. The molecule has 1 aromatic carbocycles. The summed E-state index contributed by atoms with van der Waals surface area (Å²) in [5.74, 6) is 0.765. The minimum atomic E-state index is -3.26. The summed E-state index contributed by atoms with van der Waals surface area (Å²) in [6.07, 6.45) is 6.20. The van der Waals surface area contributed by atoms with E-state index in [-0.39, 0.29) is 11.7 Å². The number of hydrogen-bond donors (Lipinski definition) is 3. The third kappa shape index (κ3) is 8.90. The van der Waals surface area contributed by atoms with Crippen LogP contribution in [-0.4, -0.2) is 46.0 Å². The maximum atomic E-state index is 12.0. The lowest BCUT2D eigenvalue weighted by Crippen LogP contribution is -2.38. The topological polar surface area (TPSA) is 113 Å². The van der Waals surface area contributed by atoms with Crippen LogP contribution in [0.25, 0.3) is 0 Å². The molecule has 0 spiro atoms. The van der Waals surface area contributed by atoms with Crippen molar-refractivity contribution in [2.45, 2.75) is 89.9 Å². The minimum Gasteiger partial charge on any atom is -0.385 e. The standard InChI is InChI=1S/C25H44N2O5S2/c1-5-6-7-18-33(29,30)26-17-14-22-8-10-24(11-9-22)25(28)15-12-23(13-16-25)21(4)19-27-34(31,32)20(2)3/h8-11,20-21,23,26-28H,5-7,12-19H2,1-4H3. The molecule has 0 aliphatic heterocycles. The fourth-order valence-electron chi connectivity index (χ4n) is 4.50. The lowest BCUT2D eigenvalue weighted by Gasteiger charge is -2.38. The maximum Gasteiger partial charge on any atom is 0.213 e. The van der Waals surface area contributed by atoms with Gasteiger partial charge in [-0.05, 0) is 75.3 Å². The molecule has 0 heterocycles. The molecule has 1 aliphatic carbocycles. The molecule has 9 heteroatoms. The van der Waals surface area contributed by atoms with Crippen molar-refractivity contribution in [1.82, 2.24) is 9.44 Å². The highest BCUT2D eigenvalue weighted by molar-refractivity contribution is 7.90. The Labute approximate surface area is 207 Å². The van der Waals surface area contributed by atoms with Crippen LogP contribution < -0.4 is 9.44 Å². The van der Waals surface area contributed by atoms with Gasteiger partial charge < -0.3 is 5.11 Å². The van der Waals surface area contributed by atoms with Gasteiger partial charge in [0.2, 0.25) is 20.0 Å². The first kappa shape index (κ1) is 29.2. The zero-order valence-corrected chi connectivity index (χ0v) is 22.8. The Hall–Kier alpha value is -1.00. The molecular weight excluding hydrogens is 472 g/mol. The average Bonchev–Trinajstić information content (AvgIpc) is 2.78. The molecule has 0 radical (unpaired) electrons. The van der Waals surface area contributed by atoms with E-state index in [2.05, 4.69) is 16.4 Å². The number of aliphatic hydroxyl groups is 1. The normalized spacial score (nSPS) is 22.7. The van der Waals surface area contributed by atoms with E-state index in [0.29, 0.717) is 44.7 Å². The molecule has 1 aliphatic rings. The molecule has 0 saturated heterocycles. The Morgan fingerprint density at radius 3 is 2.18 bits per heavy atom. The van der Waals surface area contributed by atoms with E-state index in [1.807, 2.05) is 31.2 Å². The molecule has 0 bridgehead atoms. The van der Waals surface area contributed by atoms with Crippen LogP contribution in [0.2, 0.25) is 0 Å². The van der Waals surface area contributed by atoms with Crippen LogP contribution in [0.4, 0.5) is 0 Å². The lowest BCUT2D eigenvalue weighted by atomic mass is 9.71. The Bertz CT molecular complexity index is 952. The summed E-state index contributed by atoms with van der Waals surface area (Å²) >= 11 is 0. The molecule has 3 N–H and O–H groups in total. The minimum absolute atomic E-state index is 0.177. The van der Waals surface area contributed by atoms with Crippen molar-refractivity contribution in [3.8, 4) is 0 Å². The highest BCUT2D eigenvalue weighted by Crippen LogP contribution is 2.41. The van der Waals surface area contributed by atoms with Crippen molar-refractivity contribution in [2.24, 2.45) is 11.8 Å². The maximum absolute atomic E-state index is 12.0. The van der Waals surface area contributed by atoms with Crippen LogP contribution in [0.1, 0.15) is 83.8 Å². The van der Waals surface area contributed by atoms with Crippen LogP contribution in [0.15, 0.2) is 24.3 Å². The van der Waals surface area contributed by atoms with Crippen molar-refractivity contribution in [1.29, 1.82) is 0 Å². The number of hydrogen-bond acceptors (Lipinski definition) is 5. The predicted molar refractivity (Wildman–Crippen MR) is 139 cm³/mol. The largest absolute Gasteiger partial charge is 0.385 e. The monoisotopic (exact) mass is 516 g/mol. The zero-order chi connectivity index (χ0) is 25.4. The van der Waals surface area contributed by atoms with E-state index in [9.17, 15) is 21.9 Å². The van der Waals surface area contributed by atoms with Gasteiger partial charge in [-0.1, -0.05) is 51.0 Å². The number of rotatable bonds is 14. The summed E-state index contributed by atoms with van der Waals surface area (Å²) in [7, 11) is -6.48. The van der Waals surface area contributed by atoms with Gasteiger partial charge in [-0.25, -0.2) is 26.3 Å². The lowest BCUT2D eigenvalue weighted by molar-refractivity contribution is -0.0207. The third-order valence-electron chi connectivity index (χ3n) is 7.13. The molecule has 34 heavy (non-hydrogen) atoms. The highest BCUT2D eigenvalue weighted by atomic mass is 32.2. The van der Waals surface area contributed by atoms with Gasteiger partial charge in [0.1, 0.15) is 0 Å². The van der Waals surface area contributed by atoms with Gasteiger partial charge in [0, 0.05) is 13.1 Å². The molecule has 1 unspecified atom stereocenters. The van der Waals surface area contributed by atoms with Gasteiger partial charge in [0.25, 0.3) is 0 Å². The summed E-state index contributed by atoms with van der Waals surface area (Å²) < 4.78 is 53.5. The first-order valence-electron chi connectivity index (χ1n) is 12.7. The fourth-order valence-corrected chi connectivity index (χ4v) is 6.47. The first-order valence-corrected chi connectivity index (χ1v) is 15.9. The van der Waals surface area contributed by atoms with E-state index < -0.39 is 30.9 Å². The molecule has 7 nitrogen and oxygen atoms in total. The van der Waals surface area contributed by atoms with Crippen LogP contribution in [0, 0.1) is 11.8 Å². The summed E-state index contributed by atoms with van der Waals surface area (Å²) in [5, 5.41) is 10.8. The zero-order valence-electron chi connectivity index (χ0n) is 21.2. The number of unbranched alkanes of at least 4 members (excludes halogenated alkanes) is 2. The second-order valence-electron chi connectivity index (χ2n) is 10.2. The number of nitrogens with one attached hydrogen (secondary N) is 2. The van der Waals surface area contributed by atoms with Gasteiger partial charge in [-0.15, -0.1) is 0 Å². The van der Waals surface area contributed by atoms with Crippen LogP contribution in [0.5, 0.6) is 0 Å². The van der Waals surface area contributed by atoms with E-state index >= 15 is 0 Å². The molecular formula is C25H44N2O5S2. The van der Waals surface area contributed by atoms with E-state index in [4.69, 9.17) is 0 Å². The molecule has 0 aromatic heterocycles. The second-order valence-corrected chi connectivity index (χ2v) is 14.4. The Morgan fingerprint density at radius 2 is 1.62 bits per heavy atom. The highest BCUT2D eigenvalue weighted by Gasteiger charge is 2.36. The van der Waals surface area contributed by atoms with Gasteiger partial charge in [0.05, 0.1) is 16.6 Å². The van der Waals surface area contributed by atoms with Crippen molar-refractivity contribution in [3.63, 3.8) is 0 Å². The molecule has 1 fully saturated rings. The van der Waals surface area contributed by atoms with E-state index in [1.54, 1.807) is 13.8 Å². The average molecular weight is 517 g/mol. The van der Waals surface area contributed by atoms with Crippen LogP contribution >= 0.6 is 0 Å². The molecule has 0 amide bonds. The predicted octanol–water partition coefficient (Wildman–Crippen LogP) is 3.68. The van der Waals surface area contributed by atoms with Gasteiger partial charge >= 0.3 is 0 Å². The third-order valence-corrected chi connectivity index (χ3v) is 10.4. The summed E-state index contributed by atoms with van der Waals surface area (Å²) in [6, 6.07) is 7.83. The van der Waals surface area contributed by atoms with E-state index in [0.717, 1.165) is 36.8 Å². The number of benzene rings is 1. The van der Waals surface area contributed by atoms with Gasteiger partial charge in [-0.3, -0.25) is 0 Å². The van der Waals surface area contributed by atoms with Gasteiger partial charge in [-0.2, -0.15) is 0 Å². The molecule has 1 atom stereocenters. The van der Waals surface area contributed by atoms with Crippen molar-refractivity contribution < 1.29 is 21.9 Å². The molecule has 1 aromatic rings. The smallest absolute Gasteiger partial charge is 0.213 e. The summed E-state index contributed by atoms with van der Waals surface area (Å²) in [6.45, 7) is 8.27. The molecule has 196 valence electrons. The van der Waals surface area contributed by atoms with Gasteiger partial charge in [0.15, 0.2) is 0 Å². The molecule has 2 rings (SSSR count).